The van der Waals surface area contributed by atoms with Gasteiger partial charge in [-0.25, -0.2) is 0 Å². The summed E-state index contributed by atoms with van der Waals surface area (Å²) in [6.07, 6.45) is 0. The summed E-state index contributed by atoms with van der Waals surface area (Å²) in [5, 5.41) is 22.0. The summed E-state index contributed by atoms with van der Waals surface area (Å²) >= 11 is 6.98. The third kappa shape index (κ3) is 3.93. The van der Waals surface area contributed by atoms with Crippen LogP contribution in [0.4, 0.5) is 11.4 Å². The number of non-ortho nitro benzene ring substituents is 1. The van der Waals surface area contributed by atoms with Crippen molar-refractivity contribution in [2.45, 2.75) is 10.6 Å². The van der Waals surface area contributed by atoms with Gasteiger partial charge in [0.1, 0.15) is 0 Å². The van der Waals surface area contributed by atoms with E-state index >= 15 is 0 Å². The minimum absolute atomic E-state index is 0.00120. The predicted octanol–water partition coefficient (Wildman–Crippen LogP) is 4.45. The molecule has 0 aliphatic carbocycles. The molecular weight excluding hydrogens is 316 g/mol. The first kappa shape index (κ1) is 15.3. The Morgan fingerprint density at radius 2 is 1.81 bits per heavy atom. The molecule has 2 rings (SSSR count). The van der Waals surface area contributed by atoms with Crippen LogP contribution in [-0.4, -0.2) is 9.85 Å². The number of benzene rings is 2. The van der Waals surface area contributed by atoms with E-state index in [0.29, 0.717) is 15.7 Å². The molecule has 8 heteroatoms. The second-order valence-corrected chi connectivity index (χ2v) is 5.54. The van der Waals surface area contributed by atoms with E-state index in [4.69, 9.17) is 11.6 Å². The molecule has 0 amide bonds. The molecule has 0 radical (unpaired) electrons. The molecule has 108 valence electrons. The fourth-order valence-corrected chi connectivity index (χ4v) is 2.79. The fraction of sp³-hybridized carbons (Fsp3) is 0.0769. The molecule has 2 aromatic carbocycles. The molecule has 0 saturated heterocycles. The van der Waals surface area contributed by atoms with Crippen LogP contribution in [0.5, 0.6) is 0 Å². The Morgan fingerprint density at radius 1 is 1.05 bits per heavy atom. The van der Waals surface area contributed by atoms with Crippen molar-refractivity contribution < 1.29 is 9.85 Å². The van der Waals surface area contributed by atoms with Crippen LogP contribution in [-0.2, 0) is 5.75 Å². The molecule has 0 heterocycles. The molecule has 2 aromatic rings. The molecule has 0 bridgehead atoms. The highest BCUT2D eigenvalue weighted by molar-refractivity contribution is 7.98. The highest BCUT2D eigenvalue weighted by Crippen LogP contribution is 2.33. The topological polar surface area (TPSA) is 86.3 Å². The number of rotatable bonds is 5. The van der Waals surface area contributed by atoms with Crippen LogP contribution in [0, 0.1) is 20.2 Å². The third-order valence-corrected chi connectivity index (χ3v) is 4.00. The Kier molecular flexibility index (Phi) is 4.77. The number of halogens is 1. The molecule has 0 aliphatic rings. The maximum absolute atomic E-state index is 11.0. The lowest BCUT2D eigenvalue weighted by molar-refractivity contribution is -0.387. The van der Waals surface area contributed by atoms with Crippen LogP contribution < -0.4 is 0 Å². The van der Waals surface area contributed by atoms with Crippen molar-refractivity contribution in [1.82, 2.24) is 0 Å². The van der Waals surface area contributed by atoms with Gasteiger partial charge in [0.25, 0.3) is 11.4 Å². The van der Waals surface area contributed by atoms with Gasteiger partial charge in [0.15, 0.2) is 0 Å². The minimum Gasteiger partial charge on any atom is -0.258 e. The molecule has 0 aliphatic heterocycles. The van der Waals surface area contributed by atoms with E-state index in [1.165, 1.54) is 30.0 Å². The predicted molar refractivity (Wildman–Crippen MR) is 80.8 cm³/mol. The Bertz CT molecular complexity index is 708. The largest absolute Gasteiger partial charge is 0.284 e. The minimum atomic E-state index is -0.498. The summed E-state index contributed by atoms with van der Waals surface area (Å²) in [6, 6.07) is 10.6. The zero-order chi connectivity index (χ0) is 15.4. The summed E-state index contributed by atoms with van der Waals surface area (Å²) in [5.41, 5.74) is 0.648. The van der Waals surface area contributed by atoms with Gasteiger partial charge < -0.3 is 0 Å². The van der Waals surface area contributed by atoms with Gasteiger partial charge in [-0.05, 0) is 17.7 Å². The summed E-state index contributed by atoms with van der Waals surface area (Å²) in [4.78, 5) is 21.2. The number of nitro groups is 2. The van der Waals surface area contributed by atoms with Crippen LogP contribution in [0.15, 0.2) is 47.4 Å². The van der Waals surface area contributed by atoms with Crippen LogP contribution in [0.1, 0.15) is 5.56 Å². The first-order chi connectivity index (χ1) is 9.97. The van der Waals surface area contributed by atoms with Crippen LogP contribution in [0.2, 0.25) is 5.02 Å². The van der Waals surface area contributed by atoms with Crippen molar-refractivity contribution in [3.63, 3.8) is 0 Å². The van der Waals surface area contributed by atoms with E-state index in [2.05, 4.69) is 0 Å². The first-order valence-corrected chi connectivity index (χ1v) is 7.14. The van der Waals surface area contributed by atoms with E-state index in [-0.39, 0.29) is 11.4 Å². The molecule has 0 saturated carbocycles. The molecule has 0 fully saturated rings. The Labute approximate surface area is 129 Å². The van der Waals surface area contributed by atoms with Crippen molar-refractivity contribution in [3.8, 4) is 0 Å². The molecule has 0 aromatic heterocycles. The van der Waals surface area contributed by atoms with Gasteiger partial charge in [-0.2, -0.15) is 0 Å². The van der Waals surface area contributed by atoms with Crippen molar-refractivity contribution >= 4 is 34.7 Å². The standard InChI is InChI=1S/C13H9ClN2O4S/c14-10-4-5-13(12(7-10)16(19)20)21-8-9-2-1-3-11(6-9)15(17)18/h1-7H,8H2. The lowest BCUT2D eigenvalue weighted by Crippen LogP contribution is -1.92. The van der Waals surface area contributed by atoms with Gasteiger partial charge in [-0.15, -0.1) is 11.8 Å². The van der Waals surface area contributed by atoms with E-state index < -0.39 is 9.85 Å². The average Bonchev–Trinajstić information content (AvgIpc) is 2.46. The fourth-order valence-electron chi connectivity index (χ4n) is 1.68. The third-order valence-electron chi connectivity index (χ3n) is 2.63. The summed E-state index contributed by atoms with van der Waals surface area (Å²) < 4.78 is 0. The number of hydrogen-bond donors (Lipinski definition) is 0. The van der Waals surface area contributed by atoms with Gasteiger partial charge in [-0.1, -0.05) is 23.7 Å². The van der Waals surface area contributed by atoms with Crippen molar-refractivity contribution in [3.05, 3.63) is 73.3 Å². The molecule has 0 spiro atoms. The lowest BCUT2D eigenvalue weighted by atomic mass is 10.2. The zero-order valence-corrected chi connectivity index (χ0v) is 12.1. The van der Waals surface area contributed by atoms with Gasteiger partial charge in [0.2, 0.25) is 0 Å². The van der Waals surface area contributed by atoms with Gasteiger partial charge in [0, 0.05) is 29.0 Å². The normalized spacial score (nSPS) is 10.3. The molecule has 21 heavy (non-hydrogen) atoms. The van der Waals surface area contributed by atoms with E-state index in [0.717, 1.165) is 5.56 Å². The molecule has 6 nitrogen and oxygen atoms in total. The number of hydrogen-bond acceptors (Lipinski definition) is 5. The zero-order valence-electron chi connectivity index (χ0n) is 10.6. The van der Waals surface area contributed by atoms with Gasteiger partial charge in [-0.3, -0.25) is 20.2 Å². The quantitative estimate of drug-likeness (QED) is 0.460. The maximum Gasteiger partial charge on any atom is 0.284 e. The van der Waals surface area contributed by atoms with Crippen LogP contribution >= 0.6 is 23.4 Å². The molecule has 0 N–H and O–H groups in total. The van der Waals surface area contributed by atoms with Crippen molar-refractivity contribution in [1.29, 1.82) is 0 Å². The first-order valence-electron chi connectivity index (χ1n) is 5.77. The van der Waals surface area contributed by atoms with Crippen LogP contribution in [0.25, 0.3) is 0 Å². The highest BCUT2D eigenvalue weighted by atomic mass is 35.5. The average molecular weight is 325 g/mol. The summed E-state index contributed by atoms with van der Waals surface area (Å²) in [7, 11) is 0. The second-order valence-electron chi connectivity index (χ2n) is 4.08. The van der Waals surface area contributed by atoms with Gasteiger partial charge in [0.05, 0.1) is 14.7 Å². The maximum atomic E-state index is 11.0. The van der Waals surface area contributed by atoms with E-state index in [1.54, 1.807) is 24.3 Å². The van der Waals surface area contributed by atoms with E-state index in [1.807, 2.05) is 0 Å². The number of nitro benzene ring substituents is 2. The monoisotopic (exact) mass is 324 g/mol. The number of thioether (sulfide) groups is 1. The summed E-state index contributed by atoms with van der Waals surface area (Å²) in [6.45, 7) is 0. The summed E-state index contributed by atoms with van der Waals surface area (Å²) in [5.74, 6) is 0.393. The van der Waals surface area contributed by atoms with Crippen molar-refractivity contribution in [2.24, 2.45) is 0 Å². The Balaban J connectivity index is 2.18. The van der Waals surface area contributed by atoms with Crippen molar-refractivity contribution in [2.75, 3.05) is 0 Å². The number of nitrogens with zero attached hydrogens (tertiary/aromatic N) is 2. The Morgan fingerprint density at radius 3 is 2.48 bits per heavy atom. The highest BCUT2D eigenvalue weighted by Gasteiger charge is 2.15. The Hall–Kier alpha value is -2.12. The molecule has 0 unspecified atom stereocenters. The second kappa shape index (κ2) is 6.55. The molecule has 0 atom stereocenters. The van der Waals surface area contributed by atoms with E-state index in [9.17, 15) is 20.2 Å². The van der Waals surface area contributed by atoms with Crippen LogP contribution in [0.3, 0.4) is 0 Å². The SMILES string of the molecule is O=[N+]([O-])c1cccc(CSc2ccc(Cl)cc2[N+](=O)[O-])c1. The van der Waals surface area contributed by atoms with Gasteiger partial charge >= 0.3 is 0 Å². The molecular formula is C13H9ClN2O4S. The lowest BCUT2D eigenvalue weighted by Gasteiger charge is -2.04. The smallest absolute Gasteiger partial charge is 0.258 e.